The second-order valence-corrected chi connectivity index (χ2v) is 4.86. The summed E-state index contributed by atoms with van der Waals surface area (Å²) in [4.78, 5) is 13.7. The molecule has 0 radical (unpaired) electrons. The van der Waals surface area contributed by atoms with Crippen molar-refractivity contribution in [2.45, 2.75) is 19.4 Å². The van der Waals surface area contributed by atoms with Crippen LogP contribution >= 0.6 is 0 Å². The van der Waals surface area contributed by atoms with Crippen molar-refractivity contribution in [1.82, 2.24) is 14.7 Å². The quantitative estimate of drug-likeness (QED) is 0.838. The van der Waals surface area contributed by atoms with Crippen LogP contribution in [0.2, 0.25) is 0 Å². The van der Waals surface area contributed by atoms with E-state index in [0.29, 0.717) is 24.9 Å². The van der Waals surface area contributed by atoms with Gasteiger partial charge >= 0.3 is 0 Å². The minimum atomic E-state index is -0.254. The molecule has 2 aromatic rings. The molecule has 0 saturated heterocycles. The summed E-state index contributed by atoms with van der Waals surface area (Å²) in [6.45, 7) is 0.518. The predicted octanol–water partition coefficient (Wildman–Crippen LogP) is 2.15. The van der Waals surface area contributed by atoms with Gasteiger partial charge in [0, 0.05) is 38.8 Å². The molecule has 0 atom stereocenters. The first-order valence-corrected chi connectivity index (χ1v) is 6.51. The average molecular weight is 275 g/mol. The minimum absolute atomic E-state index is 0.00268. The van der Waals surface area contributed by atoms with Crippen molar-refractivity contribution in [2.24, 2.45) is 7.05 Å². The molecule has 1 aromatic heterocycles. The normalized spacial score (nSPS) is 10.6. The van der Waals surface area contributed by atoms with Gasteiger partial charge in [0.05, 0.1) is 6.20 Å². The first kappa shape index (κ1) is 14.2. The highest BCUT2D eigenvalue weighted by Crippen LogP contribution is 2.10. The molecule has 0 spiro atoms. The summed E-state index contributed by atoms with van der Waals surface area (Å²) in [5.41, 5.74) is 1.56. The Morgan fingerprint density at radius 3 is 2.80 bits per heavy atom. The summed E-state index contributed by atoms with van der Waals surface area (Å²) in [6, 6.07) is 6.56. The largest absolute Gasteiger partial charge is 0.341 e. The van der Waals surface area contributed by atoms with E-state index in [0.717, 1.165) is 5.56 Å². The van der Waals surface area contributed by atoms with Gasteiger partial charge in [-0.15, -0.1) is 0 Å². The van der Waals surface area contributed by atoms with E-state index < -0.39 is 0 Å². The molecule has 106 valence electrons. The SMILES string of the molecule is CN(Cc1cnn(C)c1)C(=O)CCc1ccccc1F. The highest BCUT2D eigenvalue weighted by Gasteiger charge is 2.11. The second kappa shape index (κ2) is 6.32. The number of amides is 1. The third kappa shape index (κ3) is 3.66. The Morgan fingerprint density at radius 2 is 2.15 bits per heavy atom. The Bertz CT molecular complexity index is 594. The number of carbonyl (C=O) groups is 1. The van der Waals surface area contributed by atoms with E-state index >= 15 is 0 Å². The van der Waals surface area contributed by atoms with Crippen LogP contribution in [0.25, 0.3) is 0 Å². The number of hydrogen-bond donors (Lipinski definition) is 0. The summed E-state index contributed by atoms with van der Waals surface area (Å²) in [7, 11) is 3.58. The highest BCUT2D eigenvalue weighted by molar-refractivity contribution is 5.76. The number of halogens is 1. The number of carbonyl (C=O) groups excluding carboxylic acids is 1. The van der Waals surface area contributed by atoms with E-state index in [1.54, 1.807) is 41.0 Å². The number of hydrogen-bond acceptors (Lipinski definition) is 2. The molecule has 0 N–H and O–H groups in total. The van der Waals surface area contributed by atoms with Crippen LogP contribution in [0, 0.1) is 5.82 Å². The highest BCUT2D eigenvalue weighted by atomic mass is 19.1. The van der Waals surface area contributed by atoms with Crippen molar-refractivity contribution >= 4 is 5.91 Å². The fourth-order valence-electron chi connectivity index (χ4n) is 2.05. The summed E-state index contributed by atoms with van der Waals surface area (Å²) >= 11 is 0. The van der Waals surface area contributed by atoms with Crippen molar-refractivity contribution in [3.63, 3.8) is 0 Å². The van der Waals surface area contributed by atoms with Crippen molar-refractivity contribution in [2.75, 3.05) is 7.05 Å². The van der Waals surface area contributed by atoms with Crippen molar-refractivity contribution < 1.29 is 9.18 Å². The van der Waals surface area contributed by atoms with Crippen LogP contribution < -0.4 is 0 Å². The van der Waals surface area contributed by atoms with E-state index in [1.165, 1.54) is 6.07 Å². The molecule has 0 unspecified atom stereocenters. The first-order chi connectivity index (χ1) is 9.56. The lowest BCUT2D eigenvalue weighted by Crippen LogP contribution is -2.26. The molecule has 1 aromatic carbocycles. The van der Waals surface area contributed by atoms with Gasteiger partial charge in [-0.2, -0.15) is 5.10 Å². The molecular formula is C15H18FN3O. The molecule has 5 heteroatoms. The molecule has 0 aliphatic carbocycles. The predicted molar refractivity (Wildman–Crippen MR) is 74.4 cm³/mol. The molecule has 0 bridgehead atoms. The van der Waals surface area contributed by atoms with Gasteiger partial charge in [-0.3, -0.25) is 9.48 Å². The molecule has 0 saturated carbocycles. The number of aromatic nitrogens is 2. The molecule has 0 fully saturated rings. The Kier molecular flexibility index (Phi) is 4.50. The summed E-state index contributed by atoms with van der Waals surface area (Å²) in [5.74, 6) is -0.257. The topological polar surface area (TPSA) is 38.1 Å². The van der Waals surface area contributed by atoms with Crippen LogP contribution in [-0.2, 0) is 24.8 Å². The maximum absolute atomic E-state index is 13.5. The van der Waals surface area contributed by atoms with E-state index in [4.69, 9.17) is 0 Å². The molecule has 0 aliphatic rings. The summed E-state index contributed by atoms with van der Waals surface area (Å²) in [5, 5.41) is 4.06. The Morgan fingerprint density at radius 1 is 1.40 bits per heavy atom. The van der Waals surface area contributed by atoms with Gasteiger partial charge in [0.15, 0.2) is 0 Å². The first-order valence-electron chi connectivity index (χ1n) is 6.51. The zero-order chi connectivity index (χ0) is 14.5. The van der Waals surface area contributed by atoms with E-state index in [-0.39, 0.29) is 11.7 Å². The Hall–Kier alpha value is -2.17. The van der Waals surface area contributed by atoms with E-state index in [9.17, 15) is 9.18 Å². The summed E-state index contributed by atoms with van der Waals surface area (Å²) < 4.78 is 15.2. The molecular weight excluding hydrogens is 257 g/mol. The zero-order valence-corrected chi connectivity index (χ0v) is 11.7. The molecule has 2 rings (SSSR count). The lowest BCUT2D eigenvalue weighted by atomic mass is 10.1. The van der Waals surface area contributed by atoms with Crippen LogP contribution in [0.5, 0.6) is 0 Å². The lowest BCUT2D eigenvalue weighted by molar-refractivity contribution is -0.130. The molecule has 0 aliphatic heterocycles. The average Bonchev–Trinajstić information content (AvgIpc) is 2.82. The van der Waals surface area contributed by atoms with Crippen molar-refractivity contribution in [3.8, 4) is 0 Å². The van der Waals surface area contributed by atoms with Gasteiger partial charge in [0.1, 0.15) is 5.82 Å². The van der Waals surface area contributed by atoms with Crippen molar-refractivity contribution in [3.05, 3.63) is 53.6 Å². The third-order valence-electron chi connectivity index (χ3n) is 3.17. The maximum atomic E-state index is 13.5. The van der Waals surface area contributed by atoms with Crippen LogP contribution in [-0.4, -0.2) is 27.6 Å². The van der Waals surface area contributed by atoms with Crippen molar-refractivity contribution in [1.29, 1.82) is 0 Å². The molecule has 4 nitrogen and oxygen atoms in total. The van der Waals surface area contributed by atoms with Gasteiger partial charge in [0.25, 0.3) is 0 Å². The standard InChI is InChI=1S/C15H18FN3O/c1-18(10-12-9-17-19(2)11-12)15(20)8-7-13-5-3-4-6-14(13)16/h3-6,9,11H,7-8,10H2,1-2H3. The Labute approximate surface area is 117 Å². The van der Waals surface area contributed by atoms with Crippen LogP contribution in [0.3, 0.4) is 0 Å². The smallest absolute Gasteiger partial charge is 0.222 e. The number of aryl methyl sites for hydroxylation is 2. The number of nitrogens with zero attached hydrogens (tertiary/aromatic N) is 3. The van der Waals surface area contributed by atoms with Gasteiger partial charge in [0.2, 0.25) is 5.91 Å². The minimum Gasteiger partial charge on any atom is -0.341 e. The molecule has 20 heavy (non-hydrogen) atoms. The number of benzene rings is 1. The van der Waals surface area contributed by atoms with E-state index in [1.807, 2.05) is 13.2 Å². The van der Waals surface area contributed by atoms with E-state index in [2.05, 4.69) is 5.10 Å². The monoisotopic (exact) mass is 275 g/mol. The fraction of sp³-hybridized carbons (Fsp3) is 0.333. The number of rotatable bonds is 5. The molecule has 1 heterocycles. The molecule has 1 amide bonds. The van der Waals surface area contributed by atoms with Gasteiger partial charge in [-0.25, -0.2) is 4.39 Å². The van der Waals surface area contributed by atoms with Crippen LogP contribution in [0.4, 0.5) is 4.39 Å². The fourth-order valence-corrected chi connectivity index (χ4v) is 2.05. The lowest BCUT2D eigenvalue weighted by Gasteiger charge is -2.16. The van der Waals surface area contributed by atoms with Gasteiger partial charge in [-0.1, -0.05) is 18.2 Å². The third-order valence-corrected chi connectivity index (χ3v) is 3.17. The zero-order valence-electron chi connectivity index (χ0n) is 11.7. The van der Waals surface area contributed by atoms with Crippen LogP contribution in [0.1, 0.15) is 17.5 Å². The summed E-state index contributed by atoms with van der Waals surface area (Å²) in [6.07, 6.45) is 4.34. The van der Waals surface area contributed by atoms with Crippen LogP contribution in [0.15, 0.2) is 36.7 Å². The Balaban J connectivity index is 1.87. The maximum Gasteiger partial charge on any atom is 0.222 e. The second-order valence-electron chi connectivity index (χ2n) is 4.86. The van der Waals surface area contributed by atoms with Gasteiger partial charge in [-0.05, 0) is 18.1 Å². The van der Waals surface area contributed by atoms with Gasteiger partial charge < -0.3 is 4.90 Å².